The van der Waals surface area contributed by atoms with E-state index in [1.165, 1.54) is 0 Å². The van der Waals surface area contributed by atoms with Crippen molar-refractivity contribution in [1.29, 1.82) is 0 Å². The Morgan fingerprint density at radius 3 is 2.18 bits per heavy atom. The molecule has 0 spiro atoms. The minimum absolute atomic E-state index is 0.374. The minimum atomic E-state index is -3.42. The summed E-state index contributed by atoms with van der Waals surface area (Å²) in [6.45, 7) is 5.96. The number of halogens is 1. The van der Waals surface area contributed by atoms with Crippen molar-refractivity contribution in [2.24, 2.45) is 0 Å². The van der Waals surface area contributed by atoms with Crippen molar-refractivity contribution < 1.29 is 8.42 Å². The first-order chi connectivity index (χ1) is 7.88. The van der Waals surface area contributed by atoms with Crippen LogP contribution in [0.4, 0.5) is 0 Å². The minimum Gasteiger partial charge on any atom is -0.211 e. The van der Waals surface area contributed by atoms with E-state index in [0.29, 0.717) is 23.7 Å². The largest absolute Gasteiger partial charge is 0.241 e. The molecule has 0 aliphatic heterocycles. The number of sulfonamides is 1. The molecule has 0 bridgehead atoms. The summed E-state index contributed by atoms with van der Waals surface area (Å²) >= 11 is 5.52. The molecule has 1 N–H and O–H groups in total. The maximum Gasteiger partial charge on any atom is 0.241 e. The topological polar surface area (TPSA) is 46.2 Å². The van der Waals surface area contributed by atoms with Gasteiger partial charge < -0.3 is 0 Å². The van der Waals surface area contributed by atoms with Gasteiger partial charge in [0.2, 0.25) is 10.0 Å². The number of nitrogens with one attached hydrogen (secondary N) is 1. The molecule has 3 nitrogen and oxygen atoms in total. The summed E-state index contributed by atoms with van der Waals surface area (Å²) in [4.78, 5) is 0.387. The fourth-order valence-corrected chi connectivity index (χ4v) is 3.59. The van der Waals surface area contributed by atoms with E-state index in [1.54, 1.807) is 0 Å². The predicted molar refractivity (Wildman–Crippen MR) is 71.2 cm³/mol. The number of hydrogen-bond acceptors (Lipinski definition) is 2. The Balaban J connectivity index is 3.07. The van der Waals surface area contributed by atoms with Crippen LogP contribution in [-0.4, -0.2) is 20.8 Å². The maximum atomic E-state index is 12.1. The number of hydrogen-bond donors (Lipinski definition) is 1. The second-order valence-corrected chi connectivity index (χ2v) is 6.25. The third kappa shape index (κ3) is 3.69. The molecular formula is C12H18ClNO2S. The van der Waals surface area contributed by atoms with Crippen molar-refractivity contribution in [3.63, 3.8) is 0 Å². The molecule has 0 radical (unpaired) electrons. The summed E-state index contributed by atoms with van der Waals surface area (Å²) in [5, 5.41) is 0. The molecule has 17 heavy (non-hydrogen) atoms. The van der Waals surface area contributed by atoms with Crippen LogP contribution in [0.3, 0.4) is 0 Å². The zero-order valence-electron chi connectivity index (χ0n) is 10.4. The number of benzene rings is 1. The SMILES string of the molecule is Cc1cc(C)c(S(=O)(=O)NCCCCl)c(C)c1. The highest BCUT2D eigenvalue weighted by atomic mass is 35.5. The molecule has 0 aliphatic rings. The Morgan fingerprint density at radius 2 is 1.71 bits per heavy atom. The van der Waals surface area contributed by atoms with E-state index in [9.17, 15) is 8.42 Å². The van der Waals surface area contributed by atoms with Crippen LogP contribution in [0, 0.1) is 20.8 Å². The number of alkyl halides is 1. The molecule has 0 saturated heterocycles. The summed E-state index contributed by atoms with van der Waals surface area (Å²) in [5.74, 6) is 0.453. The molecule has 1 aromatic rings. The maximum absolute atomic E-state index is 12.1. The zero-order chi connectivity index (χ0) is 13.1. The second kappa shape index (κ2) is 5.85. The fourth-order valence-electron chi connectivity index (χ4n) is 1.94. The smallest absolute Gasteiger partial charge is 0.211 e. The lowest BCUT2D eigenvalue weighted by atomic mass is 10.1. The van der Waals surface area contributed by atoms with Crippen molar-refractivity contribution in [3.05, 3.63) is 28.8 Å². The van der Waals surface area contributed by atoms with E-state index in [1.807, 2.05) is 32.9 Å². The van der Waals surface area contributed by atoms with Gasteiger partial charge in [0.1, 0.15) is 0 Å². The van der Waals surface area contributed by atoms with Gasteiger partial charge in [-0.3, -0.25) is 0 Å². The van der Waals surface area contributed by atoms with Gasteiger partial charge in [0.25, 0.3) is 0 Å². The van der Waals surface area contributed by atoms with Gasteiger partial charge in [-0.1, -0.05) is 17.7 Å². The lowest BCUT2D eigenvalue weighted by molar-refractivity contribution is 0.579. The first kappa shape index (κ1) is 14.5. The Morgan fingerprint density at radius 1 is 1.18 bits per heavy atom. The van der Waals surface area contributed by atoms with Crippen LogP contribution >= 0.6 is 11.6 Å². The van der Waals surface area contributed by atoms with Crippen LogP contribution < -0.4 is 4.72 Å². The third-order valence-electron chi connectivity index (χ3n) is 2.48. The van der Waals surface area contributed by atoms with Crippen LogP contribution in [0.1, 0.15) is 23.1 Å². The molecule has 0 atom stereocenters. The van der Waals surface area contributed by atoms with Gasteiger partial charge in [-0.05, 0) is 38.3 Å². The van der Waals surface area contributed by atoms with E-state index in [-0.39, 0.29) is 0 Å². The molecule has 1 aromatic carbocycles. The Kier molecular flexibility index (Phi) is 4.98. The van der Waals surface area contributed by atoms with Crippen molar-refractivity contribution in [2.45, 2.75) is 32.1 Å². The zero-order valence-corrected chi connectivity index (χ0v) is 12.0. The van der Waals surface area contributed by atoms with Crippen LogP contribution in [0.5, 0.6) is 0 Å². The fraction of sp³-hybridized carbons (Fsp3) is 0.500. The van der Waals surface area contributed by atoms with E-state index in [4.69, 9.17) is 11.6 Å². The summed E-state index contributed by atoms with van der Waals surface area (Å²) < 4.78 is 26.8. The third-order valence-corrected chi connectivity index (χ3v) is 4.51. The van der Waals surface area contributed by atoms with E-state index in [2.05, 4.69) is 4.72 Å². The van der Waals surface area contributed by atoms with Crippen molar-refractivity contribution in [2.75, 3.05) is 12.4 Å². The van der Waals surface area contributed by atoms with E-state index >= 15 is 0 Å². The Bertz CT molecular complexity index is 474. The van der Waals surface area contributed by atoms with Gasteiger partial charge in [-0.15, -0.1) is 11.6 Å². The molecule has 96 valence electrons. The summed E-state index contributed by atoms with van der Waals surface area (Å²) in [5.41, 5.74) is 2.63. The Labute approximate surface area is 108 Å². The van der Waals surface area contributed by atoms with Crippen LogP contribution in [0.2, 0.25) is 0 Å². The molecule has 0 saturated carbocycles. The highest BCUT2D eigenvalue weighted by Gasteiger charge is 2.18. The molecule has 0 aromatic heterocycles. The molecule has 1 rings (SSSR count). The molecular weight excluding hydrogens is 258 g/mol. The first-order valence-electron chi connectivity index (χ1n) is 5.52. The highest BCUT2D eigenvalue weighted by Crippen LogP contribution is 2.21. The quantitative estimate of drug-likeness (QED) is 0.663. The summed E-state index contributed by atoms with van der Waals surface area (Å²) in [6, 6.07) is 3.76. The standard InChI is InChI=1S/C12H18ClNO2S/c1-9-7-10(2)12(11(3)8-9)17(15,16)14-6-4-5-13/h7-8,14H,4-6H2,1-3H3. The highest BCUT2D eigenvalue weighted by molar-refractivity contribution is 7.89. The van der Waals surface area contributed by atoms with Crippen LogP contribution in [0.15, 0.2) is 17.0 Å². The van der Waals surface area contributed by atoms with Crippen LogP contribution in [0.25, 0.3) is 0 Å². The first-order valence-corrected chi connectivity index (χ1v) is 7.53. The number of aryl methyl sites for hydroxylation is 3. The molecule has 0 amide bonds. The molecule has 0 aliphatic carbocycles. The number of rotatable bonds is 5. The van der Waals surface area contributed by atoms with Gasteiger partial charge in [-0.25, -0.2) is 13.1 Å². The molecule has 0 fully saturated rings. The van der Waals surface area contributed by atoms with Gasteiger partial charge in [-0.2, -0.15) is 0 Å². The van der Waals surface area contributed by atoms with Crippen molar-refractivity contribution >= 4 is 21.6 Å². The van der Waals surface area contributed by atoms with Crippen LogP contribution in [-0.2, 0) is 10.0 Å². The second-order valence-electron chi connectivity index (χ2n) is 4.17. The summed E-state index contributed by atoms with van der Waals surface area (Å²) in [6.07, 6.45) is 0.630. The lowest BCUT2D eigenvalue weighted by Crippen LogP contribution is -2.26. The van der Waals surface area contributed by atoms with E-state index < -0.39 is 10.0 Å². The lowest BCUT2D eigenvalue weighted by Gasteiger charge is -2.12. The Hall–Kier alpha value is -0.580. The van der Waals surface area contributed by atoms with Gasteiger partial charge in [0.15, 0.2) is 0 Å². The molecule has 5 heteroatoms. The van der Waals surface area contributed by atoms with Gasteiger partial charge in [0, 0.05) is 12.4 Å². The van der Waals surface area contributed by atoms with Crippen molar-refractivity contribution in [1.82, 2.24) is 4.72 Å². The molecule has 0 heterocycles. The average molecular weight is 276 g/mol. The van der Waals surface area contributed by atoms with Crippen molar-refractivity contribution in [3.8, 4) is 0 Å². The monoisotopic (exact) mass is 275 g/mol. The van der Waals surface area contributed by atoms with E-state index in [0.717, 1.165) is 16.7 Å². The molecule has 0 unspecified atom stereocenters. The predicted octanol–water partition coefficient (Wildman–Crippen LogP) is 2.52. The van der Waals surface area contributed by atoms with Gasteiger partial charge >= 0.3 is 0 Å². The summed E-state index contributed by atoms with van der Waals surface area (Å²) in [7, 11) is -3.42. The normalized spacial score (nSPS) is 11.8. The van der Waals surface area contributed by atoms with Gasteiger partial charge in [0.05, 0.1) is 4.90 Å². The average Bonchev–Trinajstić information content (AvgIpc) is 2.15.